The highest BCUT2D eigenvalue weighted by molar-refractivity contribution is 5.23. The molecule has 2 aliphatic carbocycles. The van der Waals surface area contributed by atoms with Gasteiger partial charge in [0.25, 0.3) is 0 Å². The lowest BCUT2D eigenvalue weighted by molar-refractivity contribution is 0.0337. The molecule has 0 radical (unpaired) electrons. The SMILES string of the molecule is Cc1ccc(CC2(O)C[C@H]3CN(CC(C)C4CCC(O)CC4)C[C@H]3C2)cc1. The average molecular weight is 372 g/mol. The quantitative estimate of drug-likeness (QED) is 0.827. The van der Waals surface area contributed by atoms with Gasteiger partial charge in [-0.3, -0.25) is 0 Å². The fourth-order valence-electron chi connectivity index (χ4n) is 6.16. The van der Waals surface area contributed by atoms with Gasteiger partial charge in [0.05, 0.1) is 11.7 Å². The number of fused-ring (bicyclic) bond motifs is 1. The standard InChI is InChI=1S/C24H37NO2/c1-17-3-5-19(6-4-17)11-24(27)12-21-15-25(16-22(21)13-24)14-18(2)20-7-9-23(26)10-8-20/h3-6,18,20-23,26-27H,7-16H2,1-2H3/t18?,20?,21-,22+,23?,24?. The zero-order chi connectivity index (χ0) is 19.0. The first-order valence-corrected chi connectivity index (χ1v) is 11.1. The van der Waals surface area contributed by atoms with Crippen LogP contribution in [0.25, 0.3) is 0 Å². The van der Waals surface area contributed by atoms with Gasteiger partial charge in [-0.15, -0.1) is 0 Å². The molecule has 3 heteroatoms. The van der Waals surface area contributed by atoms with E-state index in [9.17, 15) is 10.2 Å². The number of hydrogen-bond acceptors (Lipinski definition) is 3. The summed E-state index contributed by atoms with van der Waals surface area (Å²) in [6, 6.07) is 8.66. The van der Waals surface area contributed by atoms with Crippen LogP contribution in [0, 0.1) is 30.6 Å². The van der Waals surface area contributed by atoms with Gasteiger partial charge in [-0.25, -0.2) is 0 Å². The van der Waals surface area contributed by atoms with Crippen LogP contribution in [0.15, 0.2) is 24.3 Å². The van der Waals surface area contributed by atoms with Gasteiger partial charge in [-0.1, -0.05) is 36.8 Å². The molecule has 150 valence electrons. The highest BCUT2D eigenvalue weighted by Gasteiger charge is 2.48. The lowest BCUT2D eigenvalue weighted by Gasteiger charge is -2.33. The van der Waals surface area contributed by atoms with Crippen molar-refractivity contribution in [3.63, 3.8) is 0 Å². The minimum absolute atomic E-state index is 0.0502. The van der Waals surface area contributed by atoms with Gasteiger partial charge in [0.15, 0.2) is 0 Å². The Kier molecular flexibility index (Phi) is 5.64. The van der Waals surface area contributed by atoms with Crippen molar-refractivity contribution in [2.45, 2.75) is 70.5 Å². The Morgan fingerprint density at radius 2 is 1.63 bits per heavy atom. The van der Waals surface area contributed by atoms with Crippen LogP contribution in [0.3, 0.4) is 0 Å². The highest BCUT2D eigenvalue weighted by atomic mass is 16.3. The second kappa shape index (κ2) is 7.85. The lowest BCUT2D eigenvalue weighted by Crippen LogP contribution is -2.35. The summed E-state index contributed by atoms with van der Waals surface area (Å²) in [5, 5.41) is 20.9. The molecule has 0 amide bonds. The molecule has 1 aromatic rings. The van der Waals surface area contributed by atoms with Crippen LogP contribution in [0.2, 0.25) is 0 Å². The zero-order valence-corrected chi connectivity index (χ0v) is 17.1. The van der Waals surface area contributed by atoms with Gasteiger partial charge in [0.1, 0.15) is 0 Å². The Hall–Kier alpha value is -0.900. The second-order valence-corrected chi connectivity index (χ2v) is 10.1. The Labute approximate surface area is 164 Å². The van der Waals surface area contributed by atoms with Crippen LogP contribution >= 0.6 is 0 Å². The van der Waals surface area contributed by atoms with E-state index in [0.29, 0.717) is 11.8 Å². The van der Waals surface area contributed by atoms with E-state index in [1.165, 1.54) is 43.6 Å². The van der Waals surface area contributed by atoms with E-state index < -0.39 is 5.60 Å². The fraction of sp³-hybridized carbons (Fsp3) is 0.750. The van der Waals surface area contributed by atoms with Gasteiger partial charge in [-0.05, 0) is 74.7 Å². The number of aliphatic hydroxyl groups excluding tert-OH is 1. The summed E-state index contributed by atoms with van der Waals surface area (Å²) in [6.45, 7) is 8.05. The fourth-order valence-corrected chi connectivity index (χ4v) is 6.16. The first-order valence-electron chi connectivity index (χ1n) is 11.1. The number of nitrogens with zero attached hydrogens (tertiary/aromatic N) is 1. The highest BCUT2D eigenvalue weighted by Crippen LogP contribution is 2.45. The summed E-state index contributed by atoms with van der Waals surface area (Å²) in [7, 11) is 0. The zero-order valence-electron chi connectivity index (χ0n) is 17.1. The summed E-state index contributed by atoms with van der Waals surface area (Å²) >= 11 is 0. The summed E-state index contributed by atoms with van der Waals surface area (Å²) in [6.07, 6.45) is 7.06. The molecule has 0 aromatic heterocycles. The molecule has 27 heavy (non-hydrogen) atoms. The van der Waals surface area contributed by atoms with Crippen molar-refractivity contribution in [3.05, 3.63) is 35.4 Å². The maximum atomic E-state index is 11.2. The van der Waals surface area contributed by atoms with Crippen LogP contribution in [-0.2, 0) is 6.42 Å². The molecule has 0 bridgehead atoms. The van der Waals surface area contributed by atoms with Crippen molar-refractivity contribution < 1.29 is 10.2 Å². The average Bonchev–Trinajstić information content (AvgIpc) is 3.11. The summed E-state index contributed by atoms with van der Waals surface area (Å²) in [5.74, 6) is 2.84. The Morgan fingerprint density at radius 3 is 2.22 bits per heavy atom. The molecule has 1 aromatic carbocycles. The predicted molar refractivity (Wildman–Crippen MR) is 110 cm³/mol. The van der Waals surface area contributed by atoms with E-state index in [2.05, 4.69) is 43.0 Å². The van der Waals surface area contributed by atoms with Gasteiger partial charge < -0.3 is 15.1 Å². The van der Waals surface area contributed by atoms with Crippen LogP contribution in [-0.4, -0.2) is 46.5 Å². The summed E-state index contributed by atoms with van der Waals surface area (Å²) in [5.41, 5.74) is 2.06. The van der Waals surface area contributed by atoms with Gasteiger partial charge in [0, 0.05) is 26.1 Å². The van der Waals surface area contributed by atoms with E-state index in [4.69, 9.17) is 0 Å². The molecule has 4 atom stereocenters. The third kappa shape index (κ3) is 4.58. The number of aliphatic hydroxyl groups is 2. The molecule has 4 rings (SSSR count). The minimum Gasteiger partial charge on any atom is -0.393 e. The molecule has 2 unspecified atom stereocenters. The number of hydrogen-bond donors (Lipinski definition) is 2. The van der Waals surface area contributed by atoms with E-state index >= 15 is 0 Å². The number of likely N-dealkylation sites (tertiary alicyclic amines) is 1. The van der Waals surface area contributed by atoms with E-state index in [1.54, 1.807) is 0 Å². The molecule has 0 spiro atoms. The van der Waals surface area contributed by atoms with Crippen molar-refractivity contribution in [2.24, 2.45) is 23.7 Å². The molecule has 1 heterocycles. The van der Waals surface area contributed by atoms with Crippen molar-refractivity contribution in [2.75, 3.05) is 19.6 Å². The molecule has 2 N–H and O–H groups in total. The van der Waals surface area contributed by atoms with Crippen LogP contribution in [0.1, 0.15) is 56.6 Å². The largest absolute Gasteiger partial charge is 0.393 e. The molecular formula is C24H37NO2. The lowest BCUT2D eigenvalue weighted by atomic mass is 9.79. The second-order valence-electron chi connectivity index (χ2n) is 10.1. The first kappa shape index (κ1) is 19.4. The first-order chi connectivity index (χ1) is 12.9. The number of rotatable bonds is 5. The van der Waals surface area contributed by atoms with Gasteiger partial charge in [0.2, 0.25) is 0 Å². The molecule has 1 aliphatic heterocycles. The Morgan fingerprint density at radius 1 is 1.04 bits per heavy atom. The topological polar surface area (TPSA) is 43.7 Å². The van der Waals surface area contributed by atoms with Crippen molar-refractivity contribution in [1.29, 1.82) is 0 Å². The van der Waals surface area contributed by atoms with Gasteiger partial charge >= 0.3 is 0 Å². The number of aryl methyl sites for hydroxylation is 1. The van der Waals surface area contributed by atoms with Crippen LogP contribution < -0.4 is 0 Å². The predicted octanol–water partition coefficient (Wildman–Crippen LogP) is 3.80. The van der Waals surface area contributed by atoms with Crippen molar-refractivity contribution >= 4 is 0 Å². The van der Waals surface area contributed by atoms with Crippen molar-refractivity contribution in [3.8, 4) is 0 Å². The van der Waals surface area contributed by atoms with E-state index in [0.717, 1.165) is 43.9 Å². The van der Waals surface area contributed by atoms with E-state index in [1.807, 2.05) is 0 Å². The van der Waals surface area contributed by atoms with E-state index in [-0.39, 0.29) is 6.10 Å². The number of benzene rings is 1. The summed E-state index contributed by atoms with van der Waals surface area (Å²) < 4.78 is 0. The summed E-state index contributed by atoms with van der Waals surface area (Å²) in [4.78, 5) is 2.66. The molecule has 2 saturated carbocycles. The molecule has 3 fully saturated rings. The monoisotopic (exact) mass is 371 g/mol. The van der Waals surface area contributed by atoms with Crippen molar-refractivity contribution in [1.82, 2.24) is 4.90 Å². The maximum absolute atomic E-state index is 11.2. The minimum atomic E-state index is -0.498. The van der Waals surface area contributed by atoms with Crippen LogP contribution in [0.5, 0.6) is 0 Å². The third-order valence-corrected chi connectivity index (χ3v) is 7.68. The smallest absolute Gasteiger partial charge is 0.0694 e. The molecule has 3 nitrogen and oxygen atoms in total. The Bertz CT molecular complexity index is 606. The van der Waals surface area contributed by atoms with Crippen LogP contribution in [0.4, 0.5) is 0 Å². The molecule has 3 aliphatic rings. The normalized spacial score (nSPS) is 38.1. The molecule has 1 saturated heterocycles. The maximum Gasteiger partial charge on any atom is 0.0694 e. The Balaban J connectivity index is 1.27. The van der Waals surface area contributed by atoms with Gasteiger partial charge in [-0.2, -0.15) is 0 Å². The third-order valence-electron chi connectivity index (χ3n) is 7.68. The molecular weight excluding hydrogens is 334 g/mol.